The second-order valence-electron chi connectivity index (χ2n) is 5.83. The van der Waals surface area contributed by atoms with Gasteiger partial charge in [0.2, 0.25) is 5.91 Å². The molecule has 26 heavy (non-hydrogen) atoms. The molecule has 9 heteroatoms. The molecular weight excluding hydrogens is 392 g/mol. The Hall–Kier alpha value is -1.97. The van der Waals surface area contributed by atoms with Crippen LogP contribution in [0, 0.1) is 0 Å². The highest BCUT2D eigenvalue weighted by Gasteiger charge is 2.32. The predicted octanol–water partition coefficient (Wildman–Crippen LogP) is 1.70. The minimum absolute atomic E-state index is 0.0510. The van der Waals surface area contributed by atoms with Crippen molar-refractivity contribution in [3.63, 3.8) is 0 Å². The molecule has 3 rings (SSSR count). The summed E-state index contributed by atoms with van der Waals surface area (Å²) in [6, 6.07) is 8.93. The van der Waals surface area contributed by atoms with Crippen molar-refractivity contribution in [1.29, 1.82) is 0 Å². The van der Waals surface area contributed by atoms with Gasteiger partial charge >= 0.3 is 0 Å². The first-order chi connectivity index (χ1) is 12.3. The fourth-order valence-electron chi connectivity index (χ4n) is 2.55. The SMILES string of the molecule is O=C(CCN1C(=O)/C(=C\c2ccccc2)SC1=S)N[C@H]1C=CS(=O)(=O)C1. The fraction of sp³-hybridized carbons (Fsp3) is 0.235. The Morgan fingerprint density at radius 2 is 2.08 bits per heavy atom. The monoisotopic (exact) mass is 408 g/mol. The molecule has 0 aromatic heterocycles. The lowest BCUT2D eigenvalue weighted by molar-refractivity contribution is -0.124. The van der Waals surface area contributed by atoms with Gasteiger partial charge in [0, 0.05) is 18.4 Å². The first-order valence-electron chi connectivity index (χ1n) is 7.85. The third kappa shape index (κ3) is 4.60. The van der Waals surface area contributed by atoms with Crippen LogP contribution < -0.4 is 5.32 Å². The lowest BCUT2D eigenvalue weighted by atomic mass is 10.2. The van der Waals surface area contributed by atoms with Crippen LogP contribution in [0.4, 0.5) is 0 Å². The number of benzene rings is 1. The quantitative estimate of drug-likeness (QED) is 0.590. The molecule has 0 saturated carbocycles. The van der Waals surface area contributed by atoms with Gasteiger partial charge in [-0.2, -0.15) is 0 Å². The van der Waals surface area contributed by atoms with Crippen molar-refractivity contribution in [3.05, 3.63) is 52.3 Å². The standard InChI is InChI=1S/C17H16N2O4S3/c20-15(18-13-7-9-26(22,23)11-13)6-8-19-16(21)14(25-17(19)24)10-12-4-2-1-3-5-12/h1-5,7,9-10,13H,6,8,11H2,(H,18,20)/b14-10+/t13-/m0/s1. The minimum atomic E-state index is -3.22. The molecule has 0 spiro atoms. The number of amides is 2. The van der Waals surface area contributed by atoms with Gasteiger partial charge in [0.15, 0.2) is 9.84 Å². The Morgan fingerprint density at radius 1 is 1.35 bits per heavy atom. The number of hydrogen-bond acceptors (Lipinski definition) is 6. The highest BCUT2D eigenvalue weighted by Crippen LogP contribution is 2.32. The topological polar surface area (TPSA) is 83.6 Å². The molecule has 1 saturated heterocycles. The summed E-state index contributed by atoms with van der Waals surface area (Å²) in [5, 5.41) is 3.74. The highest BCUT2D eigenvalue weighted by atomic mass is 32.2. The van der Waals surface area contributed by atoms with Gasteiger partial charge in [-0.3, -0.25) is 14.5 Å². The van der Waals surface area contributed by atoms with E-state index in [-0.39, 0.29) is 30.5 Å². The number of nitrogens with zero attached hydrogens (tertiary/aromatic N) is 1. The van der Waals surface area contributed by atoms with Crippen LogP contribution in [-0.2, 0) is 19.4 Å². The van der Waals surface area contributed by atoms with E-state index < -0.39 is 15.9 Å². The Balaban J connectivity index is 1.56. The summed E-state index contributed by atoms with van der Waals surface area (Å²) in [5.74, 6) is -0.669. The van der Waals surface area contributed by atoms with Crippen LogP contribution in [0.15, 0.2) is 46.7 Å². The second-order valence-corrected chi connectivity index (χ2v) is 9.43. The predicted molar refractivity (Wildman–Crippen MR) is 106 cm³/mol. The van der Waals surface area contributed by atoms with Gasteiger partial charge in [0.1, 0.15) is 4.32 Å². The van der Waals surface area contributed by atoms with Crippen LogP contribution in [0.5, 0.6) is 0 Å². The summed E-state index contributed by atoms with van der Waals surface area (Å²) >= 11 is 6.45. The van der Waals surface area contributed by atoms with Crippen molar-refractivity contribution in [2.75, 3.05) is 12.3 Å². The van der Waals surface area contributed by atoms with E-state index in [1.165, 1.54) is 22.7 Å². The van der Waals surface area contributed by atoms with Gasteiger partial charge in [-0.1, -0.05) is 54.3 Å². The molecule has 0 bridgehead atoms. The van der Waals surface area contributed by atoms with Crippen LogP contribution in [0.25, 0.3) is 6.08 Å². The number of carbonyl (C=O) groups excluding carboxylic acids is 2. The van der Waals surface area contributed by atoms with E-state index >= 15 is 0 Å². The fourth-order valence-corrected chi connectivity index (χ4v) is 5.10. The molecular formula is C17H16N2O4S3. The van der Waals surface area contributed by atoms with E-state index in [4.69, 9.17) is 12.2 Å². The maximum Gasteiger partial charge on any atom is 0.266 e. The van der Waals surface area contributed by atoms with Crippen LogP contribution in [0.2, 0.25) is 0 Å². The van der Waals surface area contributed by atoms with Crippen LogP contribution in [0.1, 0.15) is 12.0 Å². The first kappa shape index (κ1) is 18.8. The number of carbonyl (C=O) groups is 2. The molecule has 2 aliphatic rings. The van der Waals surface area contributed by atoms with E-state index in [9.17, 15) is 18.0 Å². The largest absolute Gasteiger partial charge is 0.349 e. The van der Waals surface area contributed by atoms with Gasteiger partial charge in [-0.15, -0.1) is 0 Å². The molecule has 1 fully saturated rings. The molecule has 6 nitrogen and oxygen atoms in total. The molecule has 2 aliphatic heterocycles. The van der Waals surface area contributed by atoms with Crippen molar-refractivity contribution < 1.29 is 18.0 Å². The van der Waals surface area contributed by atoms with E-state index in [2.05, 4.69) is 5.32 Å². The number of thioether (sulfide) groups is 1. The summed E-state index contributed by atoms with van der Waals surface area (Å²) in [7, 11) is -3.22. The average molecular weight is 409 g/mol. The van der Waals surface area contributed by atoms with E-state index in [0.29, 0.717) is 9.23 Å². The average Bonchev–Trinajstić information content (AvgIpc) is 3.06. The summed E-state index contributed by atoms with van der Waals surface area (Å²) in [6.07, 6.45) is 3.28. The van der Waals surface area contributed by atoms with Crippen LogP contribution in [0.3, 0.4) is 0 Å². The third-order valence-electron chi connectivity index (χ3n) is 3.81. The number of hydrogen-bond donors (Lipinski definition) is 1. The van der Waals surface area contributed by atoms with Gasteiger partial charge < -0.3 is 5.32 Å². The molecule has 136 valence electrons. The molecule has 1 atom stereocenters. The molecule has 2 amide bonds. The lowest BCUT2D eigenvalue weighted by Gasteiger charge is -2.15. The third-order valence-corrected chi connectivity index (χ3v) is 6.58. The number of nitrogens with one attached hydrogen (secondary N) is 1. The zero-order valence-electron chi connectivity index (χ0n) is 13.6. The summed E-state index contributed by atoms with van der Waals surface area (Å²) in [4.78, 5) is 26.4. The number of sulfone groups is 1. The number of rotatable bonds is 5. The van der Waals surface area contributed by atoms with Gasteiger partial charge in [0.25, 0.3) is 5.91 Å². The molecule has 1 aromatic carbocycles. The smallest absolute Gasteiger partial charge is 0.266 e. The highest BCUT2D eigenvalue weighted by molar-refractivity contribution is 8.26. The number of thiocarbonyl (C=S) groups is 1. The first-order valence-corrected chi connectivity index (χ1v) is 10.8. The Bertz CT molecular complexity index is 907. The Kier molecular flexibility index (Phi) is 5.59. The van der Waals surface area contributed by atoms with E-state index in [0.717, 1.165) is 11.0 Å². The van der Waals surface area contributed by atoms with Crippen molar-refractivity contribution in [1.82, 2.24) is 10.2 Å². The maximum atomic E-state index is 12.5. The van der Waals surface area contributed by atoms with Gasteiger partial charge in [-0.25, -0.2) is 8.42 Å². The van der Waals surface area contributed by atoms with Crippen molar-refractivity contribution in [2.45, 2.75) is 12.5 Å². The molecule has 0 radical (unpaired) electrons. The Morgan fingerprint density at radius 3 is 2.73 bits per heavy atom. The summed E-state index contributed by atoms with van der Waals surface area (Å²) < 4.78 is 23.1. The summed E-state index contributed by atoms with van der Waals surface area (Å²) in [5.41, 5.74) is 0.903. The molecule has 2 heterocycles. The summed E-state index contributed by atoms with van der Waals surface area (Å²) in [6.45, 7) is 0.159. The second kappa shape index (κ2) is 7.73. The van der Waals surface area contributed by atoms with Crippen LogP contribution >= 0.6 is 24.0 Å². The van der Waals surface area contributed by atoms with Crippen molar-refractivity contribution >= 4 is 56.0 Å². The minimum Gasteiger partial charge on any atom is -0.349 e. The van der Waals surface area contributed by atoms with E-state index in [1.54, 1.807) is 6.08 Å². The van der Waals surface area contributed by atoms with Crippen LogP contribution in [-0.4, -0.2) is 47.8 Å². The maximum absolute atomic E-state index is 12.5. The van der Waals surface area contributed by atoms with Gasteiger partial charge in [-0.05, 0) is 17.7 Å². The Labute approximate surface area is 161 Å². The zero-order chi connectivity index (χ0) is 18.7. The molecule has 0 unspecified atom stereocenters. The van der Waals surface area contributed by atoms with Crippen molar-refractivity contribution in [3.8, 4) is 0 Å². The lowest BCUT2D eigenvalue weighted by Crippen LogP contribution is -2.38. The van der Waals surface area contributed by atoms with Gasteiger partial charge in [0.05, 0.1) is 16.7 Å². The van der Waals surface area contributed by atoms with E-state index in [1.807, 2.05) is 30.3 Å². The zero-order valence-corrected chi connectivity index (χ0v) is 16.1. The normalized spacial score (nSPS) is 23.0. The molecule has 1 N–H and O–H groups in total. The molecule has 1 aromatic rings. The molecule has 0 aliphatic carbocycles. The van der Waals surface area contributed by atoms with Crippen molar-refractivity contribution in [2.24, 2.45) is 0 Å².